The van der Waals surface area contributed by atoms with E-state index in [-0.39, 0.29) is 0 Å². The van der Waals surface area contributed by atoms with Gasteiger partial charge in [-0.1, -0.05) is 144 Å². The molecule has 6 heteroatoms. The number of hydrogen-bond donors (Lipinski definition) is 1. The predicted molar refractivity (Wildman–Crippen MR) is 146 cm³/mol. The average molecular weight is 717 g/mol. The van der Waals surface area contributed by atoms with E-state index >= 15 is 0 Å². The van der Waals surface area contributed by atoms with Crippen LogP contribution in [0.5, 0.6) is 0 Å². The number of carboxylic acid groups (broad SMARTS) is 1. The molecule has 3 aromatic rings. The van der Waals surface area contributed by atoms with Gasteiger partial charge in [0.05, 0.1) is 11.1 Å². The average Bonchev–Trinajstić information content (AvgIpc) is 2.71. The number of para-hydroxylation sites is 1. The number of rotatable bonds is 3. The van der Waals surface area contributed by atoms with E-state index in [2.05, 4.69) is 72.8 Å². The molecule has 0 amide bonds. The van der Waals surface area contributed by atoms with Crippen molar-refractivity contribution in [1.82, 2.24) is 4.98 Å². The van der Waals surface area contributed by atoms with Crippen LogP contribution in [0.2, 0.25) is 0 Å². The number of aromatic carboxylic acids is 1. The Balaban J connectivity index is 0.000000797. The summed E-state index contributed by atoms with van der Waals surface area (Å²) in [7, 11) is 0. The number of pyridine rings is 1. The van der Waals surface area contributed by atoms with Crippen molar-refractivity contribution in [2.45, 2.75) is 34.1 Å². The number of fused-ring (bicyclic) bond motifs is 1. The highest BCUT2D eigenvalue weighted by Gasteiger charge is 2.15. The molecule has 0 bridgehead atoms. The topological polar surface area (TPSA) is 50.2 Å². The number of carbonyl (C=O) groups is 1. The Hall–Kier alpha value is -0.490. The highest BCUT2D eigenvalue weighted by atomic mass is 127. The number of nitrogens with zero attached hydrogens (tertiary/aromatic N) is 1. The van der Waals surface area contributed by atoms with Crippen molar-refractivity contribution in [3.8, 4) is 0 Å². The molecule has 0 fully saturated rings. The Bertz CT molecular complexity index is 822. The minimum Gasteiger partial charge on any atom is -0.478 e. The molecule has 28 heavy (non-hydrogen) atoms. The molecule has 0 saturated carbocycles. The zero-order chi connectivity index (χ0) is 21.5. The summed E-state index contributed by atoms with van der Waals surface area (Å²) < 4.78 is 0.743. The van der Waals surface area contributed by atoms with Gasteiger partial charge in [-0.05, 0) is 23.6 Å². The first kappa shape index (κ1) is 27.5. The third kappa shape index (κ3) is 9.82. The van der Waals surface area contributed by atoms with Crippen molar-refractivity contribution in [2.24, 2.45) is 0 Å². The van der Waals surface area contributed by atoms with Gasteiger partial charge in [-0.15, -0.1) is 0 Å². The smallest absolute Gasteiger partial charge is 0.336 e. The van der Waals surface area contributed by atoms with Crippen LogP contribution in [0, 0.1) is 0 Å². The molecule has 1 heterocycles. The lowest BCUT2D eigenvalue weighted by atomic mass is 9.98. The molecule has 152 valence electrons. The molecule has 0 saturated heterocycles. The Morgan fingerprint density at radius 3 is 1.96 bits per heavy atom. The number of benzene rings is 2. The second kappa shape index (κ2) is 16.3. The first-order valence-corrected chi connectivity index (χ1v) is 12.8. The van der Waals surface area contributed by atoms with Crippen LogP contribution >= 0.6 is 67.8 Å². The van der Waals surface area contributed by atoms with Crippen molar-refractivity contribution in [2.75, 3.05) is 0 Å². The lowest BCUT2D eigenvalue weighted by molar-refractivity contribution is 0.0698. The zero-order valence-corrected chi connectivity index (χ0v) is 23.0. The van der Waals surface area contributed by atoms with Gasteiger partial charge in [-0.3, -0.25) is 4.98 Å². The summed E-state index contributed by atoms with van der Waals surface area (Å²) in [4.78, 5) is 16.0. The molecule has 0 atom stereocenters. The van der Waals surface area contributed by atoms with Gasteiger partial charge in [-0.2, -0.15) is 0 Å². The molecular formula is C22H26I3NO2. The molecule has 2 aromatic carbocycles. The maximum atomic E-state index is 11.6. The predicted octanol–water partition coefficient (Wildman–Crippen LogP) is 8.15. The molecule has 0 aliphatic rings. The lowest BCUT2D eigenvalue weighted by Gasteiger charge is -2.09. The Morgan fingerprint density at radius 1 is 0.929 bits per heavy atom. The van der Waals surface area contributed by atoms with Gasteiger partial charge in [0.2, 0.25) is 0 Å². The minimum absolute atomic E-state index is 0.347. The van der Waals surface area contributed by atoms with Crippen molar-refractivity contribution >= 4 is 84.6 Å². The van der Waals surface area contributed by atoms with Crippen LogP contribution in [-0.4, -0.2) is 16.0 Å². The maximum Gasteiger partial charge on any atom is 0.336 e. The Morgan fingerprint density at radius 2 is 1.43 bits per heavy atom. The van der Waals surface area contributed by atoms with Crippen molar-refractivity contribution < 1.29 is 9.90 Å². The van der Waals surface area contributed by atoms with E-state index in [1.165, 1.54) is 0 Å². The molecule has 1 N–H and O–H groups in total. The first-order chi connectivity index (χ1) is 13.5. The number of alkyl halides is 3. The number of hydrogen-bond acceptors (Lipinski definition) is 2. The third-order valence-corrected chi connectivity index (χ3v) is 3.31. The fourth-order valence-corrected chi connectivity index (χ4v) is 2.38. The Kier molecular flexibility index (Phi) is 16.0. The highest BCUT2D eigenvalue weighted by molar-refractivity contribution is 14.3. The van der Waals surface area contributed by atoms with Crippen LogP contribution in [0.15, 0.2) is 60.8 Å². The Labute approximate surface area is 209 Å². The third-order valence-electron chi connectivity index (χ3n) is 3.31. The standard InChI is InChI=1S/C17H13NO2.2C2H6.CHI3/c19-17(20)16-13(10-12-6-2-1-3-7-12)11-18-15-9-5-4-8-14(15)16;2*1-2;2-1(3)4/h1-9,11H,10H2,(H,19,20);2*1-2H3;1H. The fourth-order valence-electron chi connectivity index (χ4n) is 2.38. The van der Waals surface area contributed by atoms with Crippen LogP contribution in [-0.2, 0) is 6.42 Å². The van der Waals surface area contributed by atoms with Crippen molar-refractivity contribution in [3.63, 3.8) is 0 Å². The normalized spacial score (nSPS) is 9.29. The van der Waals surface area contributed by atoms with Crippen molar-refractivity contribution in [3.05, 3.63) is 77.5 Å². The lowest BCUT2D eigenvalue weighted by Crippen LogP contribution is -2.05. The highest BCUT2D eigenvalue weighted by Crippen LogP contribution is 2.22. The molecule has 0 aliphatic carbocycles. The van der Waals surface area contributed by atoms with Gasteiger partial charge >= 0.3 is 5.97 Å². The number of aromatic nitrogens is 1. The first-order valence-electron chi connectivity index (χ1n) is 9.05. The summed E-state index contributed by atoms with van der Waals surface area (Å²) >= 11 is 6.95. The molecule has 3 nitrogen and oxygen atoms in total. The van der Waals surface area contributed by atoms with Gasteiger partial charge in [0.1, 0.15) is -0.0619 Å². The van der Waals surface area contributed by atoms with Crippen molar-refractivity contribution in [1.29, 1.82) is 0 Å². The summed E-state index contributed by atoms with van der Waals surface area (Å²) in [6.45, 7) is 8.00. The maximum absolute atomic E-state index is 11.6. The monoisotopic (exact) mass is 717 g/mol. The summed E-state index contributed by atoms with van der Waals surface area (Å²) in [6, 6.07) is 17.1. The van der Waals surface area contributed by atoms with E-state index in [9.17, 15) is 9.90 Å². The summed E-state index contributed by atoms with van der Waals surface area (Å²) in [5.74, 6) is -0.908. The second-order valence-electron chi connectivity index (χ2n) is 4.89. The van der Waals surface area contributed by atoms with E-state index in [0.717, 1.165) is 11.1 Å². The summed E-state index contributed by atoms with van der Waals surface area (Å²) in [5, 5.41) is 10.2. The molecule has 0 radical (unpaired) electrons. The van der Waals surface area contributed by atoms with Crippen LogP contribution in [0.3, 0.4) is 0 Å². The van der Waals surface area contributed by atoms with Crippen LogP contribution in [0.1, 0.15) is 49.2 Å². The van der Waals surface area contributed by atoms with Crippen LogP contribution in [0.25, 0.3) is 10.9 Å². The van der Waals surface area contributed by atoms with E-state index in [4.69, 9.17) is 0 Å². The number of halogens is 3. The molecule has 3 rings (SSSR count). The molecular weight excluding hydrogens is 691 g/mol. The van der Waals surface area contributed by atoms with E-state index in [0.29, 0.717) is 22.9 Å². The second-order valence-corrected chi connectivity index (χ2v) is 15.8. The summed E-state index contributed by atoms with van der Waals surface area (Å²) in [6.07, 6.45) is 2.24. The zero-order valence-electron chi connectivity index (χ0n) is 16.5. The fraction of sp³-hybridized carbons (Fsp3) is 0.273. The largest absolute Gasteiger partial charge is 0.478 e. The van der Waals surface area contributed by atoms with Gasteiger partial charge in [0.15, 0.2) is 0 Å². The molecule has 0 unspecified atom stereocenters. The van der Waals surface area contributed by atoms with Gasteiger partial charge in [0, 0.05) is 11.6 Å². The van der Waals surface area contributed by atoms with Gasteiger partial charge in [0.25, 0.3) is 0 Å². The van der Waals surface area contributed by atoms with E-state index < -0.39 is 5.97 Å². The van der Waals surface area contributed by atoms with E-state index in [1.54, 1.807) is 12.3 Å². The van der Waals surface area contributed by atoms with Crippen LogP contribution in [0.4, 0.5) is 0 Å². The van der Waals surface area contributed by atoms with E-state index in [1.807, 2.05) is 76.2 Å². The van der Waals surface area contributed by atoms with Gasteiger partial charge in [-0.25, -0.2) is 4.79 Å². The summed E-state index contributed by atoms with van der Waals surface area (Å²) in [5.41, 5.74) is 2.87. The molecule has 0 spiro atoms. The van der Waals surface area contributed by atoms with Crippen LogP contribution < -0.4 is 0 Å². The molecule has 1 aromatic heterocycles. The SMILES string of the molecule is CC.CC.IC(I)I.O=C(O)c1c(Cc2ccccc2)cnc2ccccc12. The number of carboxylic acids is 1. The van der Waals surface area contributed by atoms with Gasteiger partial charge < -0.3 is 5.11 Å². The quantitative estimate of drug-likeness (QED) is 0.220. The molecule has 0 aliphatic heterocycles. The minimum atomic E-state index is -0.908.